The summed E-state index contributed by atoms with van der Waals surface area (Å²) in [5.74, 6) is 1.22. The van der Waals surface area contributed by atoms with E-state index in [1.807, 2.05) is 40.7 Å². The first-order valence-corrected chi connectivity index (χ1v) is 10.8. The van der Waals surface area contributed by atoms with E-state index in [1.165, 1.54) is 5.56 Å². The van der Waals surface area contributed by atoms with Crippen molar-refractivity contribution in [2.75, 3.05) is 19.6 Å². The molecule has 0 spiro atoms. The molecule has 2 bridgehead atoms. The molecule has 1 amide bonds. The van der Waals surface area contributed by atoms with Crippen LogP contribution in [0, 0.1) is 5.92 Å². The zero-order valence-electron chi connectivity index (χ0n) is 17.7. The average Bonchev–Trinajstić information content (AvgIpc) is 3.40. The highest BCUT2D eigenvalue weighted by Crippen LogP contribution is 2.35. The van der Waals surface area contributed by atoms with Crippen molar-refractivity contribution in [2.24, 2.45) is 13.0 Å². The van der Waals surface area contributed by atoms with E-state index >= 15 is 0 Å². The standard InChI is InChI=1S/C23H27N5O3/c1-26-11-17(10-25-26)13-27-12-16-9-18(15-27)21-5-4-20(23(30)28(21)14-16)22(29)24-7-6-19-3-2-8-31-19/h2-5,8,10-11,16,18H,6-7,9,12-15H2,1H3,(H,24,29)/t16-,18+/m0/s1. The average molecular weight is 422 g/mol. The van der Waals surface area contributed by atoms with Gasteiger partial charge in [-0.3, -0.25) is 19.2 Å². The molecule has 0 unspecified atom stereocenters. The van der Waals surface area contributed by atoms with Crippen LogP contribution >= 0.6 is 0 Å². The topological polar surface area (TPSA) is 85.3 Å². The first-order chi connectivity index (χ1) is 15.1. The summed E-state index contributed by atoms with van der Waals surface area (Å²) in [6.07, 6.45) is 7.28. The lowest BCUT2D eigenvalue weighted by Crippen LogP contribution is -2.47. The van der Waals surface area contributed by atoms with Crippen molar-refractivity contribution in [3.05, 3.63) is 75.9 Å². The van der Waals surface area contributed by atoms with Gasteiger partial charge in [-0.25, -0.2) is 0 Å². The molecule has 1 saturated heterocycles. The molecule has 0 aliphatic carbocycles. The second-order valence-electron chi connectivity index (χ2n) is 8.69. The van der Waals surface area contributed by atoms with E-state index in [0.29, 0.717) is 31.3 Å². The van der Waals surface area contributed by atoms with Gasteiger partial charge in [0.15, 0.2) is 0 Å². The number of aryl methyl sites for hydroxylation is 1. The number of hydrogen-bond donors (Lipinski definition) is 1. The number of piperidine rings is 1. The molecular formula is C23H27N5O3. The highest BCUT2D eigenvalue weighted by Gasteiger charge is 2.35. The van der Waals surface area contributed by atoms with Crippen LogP contribution in [0.2, 0.25) is 0 Å². The van der Waals surface area contributed by atoms with Gasteiger partial charge in [0.1, 0.15) is 11.3 Å². The predicted molar refractivity (Wildman–Crippen MR) is 115 cm³/mol. The number of pyridine rings is 1. The Morgan fingerprint density at radius 2 is 2.16 bits per heavy atom. The number of fused-ring (bicyclic) bond motifs is 4. The van der Waals surface area contributed by atoms with E-state index in [4.69, 9.17) is 4.42 Å². The SMILES string of the molecule is Cn1cc(CN2C[C@@H]3C[C@H](C2)c2ccc(C(=O)NCCc4ccco4)c(=O)n2C3)cn1. The van der Waals surface area contributed by atoms with Crippen molar-refractivity contribution >= 4 is 5.91 Å². The number of furan rings is 1. The minimum atomic E-state index is -0.319. The van der Waals surface area contributed by atoms with Gasteiger partial charge in [-0.05, 0) is 36.6 Å². The number of likely N-dealkylation sites (tertiary alicyclic amines) is 1. The third-order valence-electron chi connectivity index (χ3n) is 6.33. The lowest BCUT2D eigenvalue weighted by molar-refractivity contribution is 0.0946. The van der Waals surface area contributed by atoms with Crippen molar-refractivity contribution < 1.29 is 9.21 Å². The van der Waals surface area contributed by atoms with Crippen LogP contribution in [-0.4, -0.2) is 44.8 Å². The van der Waals surface area contributed by atoms with Gasteiger partial charge in [0.05, 0.1) is 12.5 Å². The largest absolute Gasteiger partial charge is 0.469 e. The lowest BCUT2D eigenvalue weighted by Gasteiger charge is -2.42. The van der Waals surface area contributed by atoms with E-state index in [1.54, 1.807) is 12.3 Å². The van der Waals surface area contributed by atoms with E-state index < -0.39 is 0 Å². The number of amides is 1. The van der Waals surface area contributed by atoms with Gasteiger partial charge in [-0.2, -0.15) is 5.10 Å². The molecule has 5 rings (SSSR count). The van der Waals surface area contributed by atoms with Crippen molar-refractivity contribution in [1.82, 2.24) is 24.6 Å². The number of rotatable bonds is 6. The fourth-order valence-electron chi connectivity index (χ4n) is 5.01. The number of hydrogen-bond acceptors (Lipinski definition) is 5. The Morgan fingerprint density at radius 3 is 2.94 bits per heavy atom. The van der Waals surface area contributed by atoms with Gasteiger partial charge in [-0.15, -0.1) is 0 Å². The first-order valence-electron chi connectivity index (χ1n) is 10.8. The summed E-state index contributed by atoms with van der Waals surface area (Å²) in [7, 11) is 1.93. The molecule has 3 aromatic rings. The number of nitrogens with zero attached hydrogens (tertiary/aromatic N) is 4. The molecule has 0 aromatic carbocycles. The van der Waals surface area contributed by atoms with E-state index in [2.05, 4.69) is 21.5 Å². The fourth-order valence-corrected chi connectivity index (χ4v) is 5.01. The van der Waals surface area contributed by atoms with Gasteiger partial charge < -0.3 is 14.3 Å². The minimum Gasteiger partial charge on any atom is -0.469 e. The number of aromatic nitrogens is 3. The minimum absolute atomic E-state index is 0.177. The zero-order valence-corrected chi connectivity index (χ0v) is 17.7. The van der Waals surface area contributed by atoms with Gasteiger partial charge >= 0.3 is 0 Å². The summed E-state index contributed by atoms with van der Waals surface area (Å²) >= 11 is 0. The van der Waals surface area contributed by atoms with Crippen molar-refractivity contribution in [3.8, 4) is 0 Å². The molecule has 3 aromatic heterocycles. The molecule has 1 N–H and O–H groups in total. The fraction of sp³-hybridized carbons (Fsp3) is 0.435. The van der Waals surface area contributed by atoms with E-state index in [9.17, 15) is 9.59 Å². The molecule has 162 valence electrons. The Kier molecular flexibility index (Phi) is 5.23. The van der Waals surface area contributed by atoms with Crippen LogP contribution in [0.25, 0.3) is 0 Å². The summed E-state index contributed by atoms with van der Waals surface area (Å²) in [6, 6.07) is 7.35. The first kappa shape index (κ1) is 19.8. The Hall–Kier alpha value is -3.13. The van der Waals surface area contributed by atoms with Crippen LogP contribution in [0.15, 0.2) is 52.1 Å². The van der Waals surface area contributed by atoms with Crippen LogP contribution in [0.4, 0.5) is 0 Å². The molecule has 1 fully saturated rings. The quantitative estimate of drug-likeness (QED) is 0.656. The summed E-state index contributed by atoms with van der Waals surface area (Å²) in [6.45, 7) is 3.85. The van der Waals surface area contributed by atoms with Gasteiger partial charge in [0.2, 0.25) is 0 Å². The summed E-state index contributed by atoms with van der Waals surface area (Å²) in [5, 5.41) is 7.11. The molecular weight excluding hydrogens is 394 g/mol. The smallest absolute Gasteiger partial charge is 0.263 e. The van der Waals surface area contributed by atoms with Crippen LogP contribution in [0.5, 0.6) is 0 Å². The van der Waals surface area contributed by atoms with Crippen molar-refractivity contribution in [3.63, 3.8) is 0 Å². The molecule has 2 aliphatic rings. The monoisotopic (exact) mass is 421 g/mol. The van der Waals surface area contributed by atoms with E-state index in [-0.39, 0.29) is 17.0 Å². The Morgan fingerprint density at radius 1 is 1.26 bits per heavy atom. The lowest BCUT2D eigenvalue weighted by atomic mass is 9.83. The molecule has 0 saturated carbocycles. The molecule has 2 aliphatic heterocycles. The second-order valence-corrected chi connectivity index (χ2v) is 8.69. The van der Waals surface area contributed by atoms with Crippen molar-refractivity contribution in [2.45, 2.75) is 31.8 Å². The van der Waals surface area contributed by atoms with Crippen molar-refractivity contribution in [1.29, 1.82) is 0 Å². The zero-order chi connectivity index (χ0) is 21.4. The number of carbonyl (C=O) groups excluding carboxylic acids is 1. The van der Waals surface area contributed by atoms with Gasteiger partial charge in [-0.1, -0.05) is 0 Å². The Labute approximate surface area is 180 Å². The third kappa shape index (κ3) is 4.07. The maximum Gasteiger partial charge on any atom is 0.263 e. The maximum absolute atomic E-state index is 13.1. The molecule has 2 atom stereocenters. The maximum atomic E-state index is 13.1. The summed E-state index contributed by atoms with van der Waals surface area (Å²) < 4.78 is 8.95. The van der Waals surface area contributed by atoms with Crippen LogP contribution < -0.4 is 10.9 Å². The summed E-state index contributed by atoms with van der Waals surface area (Å²) in [5.41, 5.74) is 2.30. The molecule has 8 heteroatoms. The van der Waals surface area contributed by atoms with Gasteiger partial charge in [0.25, 0.3) is 11.5 Å². The Bertz CT molecular complexity index is 1130. The van der Waals surface area contributed by atoms with Crippen LogP contribution in [0.1, 0.15) is 39.7 Å². The molecule has 31 heavy (non-hydrogen) atoms. The number of nitrogens with one attached hydrogen (secondary N) is 1. The summed E-state index contributed by atoms with van der Waals surface area (Å²) in [4.78, 5) is 28.2. The predicted octanol–water partition coefficient (Wildman–Crippen LogP) is 1.77. The van der Waals surface area contributed by atoms with E-state index in [0.717, 1.165) is 37.5 Å². The third-order valence-corrected chi connectivity index (χ3v) is 6.33. The second kappa shape index (κ2) is 8.19. The molecule has 8 nitrogen and oxygen atoms in total. The normalized spacial score (nSPS) is 20.4. The van der Waals surface area contributed by atoms with Crippen LogP contribution in [0.3, 0.4) is 0 Å². The molecule has 5 heterocycles. The number of carbonyl (C=O) groups is 1. The van der Waals surface area contributed by atoms with Crippen LogP contribution in [-0.2, 0) is 26.6 Å². The Balaban J connectivity index is 1.28. The highest BCUT2D eigenvalue weighted by molar-refractivity contribution is 5.93. The van der Waals surface area contributed by atoms with Gasteiger partial charge in [0, 0.05) is 69.6 Å². The molecule has 0 radical (unpaired) electrons. The highest BCUT2D eigenvalue weighted by atomic mass is 16.3.